The highest BCUT2D eigenvalue weighted by Gasteiger charge is 2.22. The fourth-order valence-corrected chi connectivity index (χ4v) is 3.12. The summed E-state index contributed by atoms with van der Waals surface area (Å²) in [6.45, 7) is 8.41. The summed E-state index contributed by atoms with van der Waals surface area (Å²) in [5, 5.41) is 3.34. The molecular formula is C18H29N3O. The molecule has 0 saturated carbocycles. The Kier molecular flexibility index (Phi) is 6.25. The van der Waals surface area contributed by atoms with Crippen LogP contribution in [-0.4, -0.2) is 50.1 Å². The van der Waals surface area contributed by atoms with Gasteiger partial charge >= 0.3 is 0 Å². The molecular weight excluding hydrogens is 274 g/mol. The van der Waals surface area contributed by atoms with E-state index in [1.807, 2.05) is 24.1 Å². The second kappa shape index (κ2) is 8.18. The van der Waals surface area contributed by atoms with Crippen molar-refractivity contribution in [3.05, 3.63) is 29.8 Å². The highest BCUT2D eigenvalue weighted by atomic mass is 16.2. The lowest BCUT2D eigenvalue weighted by atomic mass is 10.0. The van der Waals surface area contributed by atoms with Crippen molar-refractivity contribution in [3.8, 4) is 0 Å². The second-order valence-corrected chi connectivity index (χ2v) is 6.02. The van der Waals surface area contributed by atoms with Gasteiger partial charge in [0.25, 0.3) is 5.91 Å². The lowest BCUT2D eigenvalue weighted by Gasteiger charge is -2.31. The van der Waals surface area contributed by atoms with Crippen molar-refractivity contribution in [1.82, 2.24) is 10.2 Å². The van der Waals surface area contributed by atoms with Gasteiger partial charge in [0, 0.05) is 37.4 Å². The second-order valence-electron chi connectivity index (χ2n) is 6.02. The SMILES string of the molecule is CCCN(CC)c1ccc(C(=O)N(C)C2CCNCC2)cc1. The summed E-state index contributed by atoms with van der Waals surface area (Å²) in [6.07, 6.45) is 3.22. The van der Waals surface area contributed by atoms with E-state index in [0.29, 0.717) is 6.04 Å². The van der Waals surface area contributed by atoms with Gasteiger partial charge in [-0.25, -0.2) is 0 Å². The van der Waals surface area contributed by atoms with Gasteiger partial charge in [0.15, 0.2) is 0 Å². The predicted molar refractivity (Wildman–Crippen MR) is 92.6 cm³/mol. The molecule has 1 aliphatic rings. The summed E-state index contributed by atoms with van der Waals surface area (Å²) in [5.41, 5.74) is 1.99. The highest BCUT2D eigenvalue weighted by Crippen LogP contribution is 2.18. The van der Waals surface area contributed by atoms with Crippen molar-refractivity contribution in [2.45, 2.75) is 39.2 Å². The van der Waals surface area contributed by atoms with Crippen LogP contribution in [-0.2, 0) is 0 Å². The Morgan fingerprint density at radius 1 is 1.18 bits per heavy atom. The zero-order chi connectivity index (χ0) is 15.9. The van der Waals surface area contributed by atoms with Gasteiger partial charge in [-0.3, -0.25) is 4.79 Å². The van der Waals surface area contributed by atoms with Crippen LogP contribution in [0.1, 0.15) is 43.5 Å². The maximum atomic E-state index is 12.6. The monoisotopic (exact) mass is 303 g/mol. The molecule has 0 aromatic heterocycles. The van der Waals surface area contributed by atoms with Gasteiger partial charge in [-0.1, -0.05) is 6.92 Å². The summed E-state index contributed by atoms with van der Waals surface area (Å²) in [5.74, 6) is 0.136. The molecule has 1 aliphatic heterocycles. The molecule has 0 bridgehead atoms. The van der Waals surface area contributed by atoms with Crippen molar-refractivity contribution in [3.63, 3.8) is 0 Å². The maximum Gasteiger partial charge on any atom is 0.253 e. The van der Waals surface area contributed by atoms with Crippen LogP contribution in [0.2, 0.25) is 0 Å². The van der Waals surface area contributed by atoms with E-state index in [1.165, 1.54) is 5.69 Å². The lowest BCUT2D eigenvalue weighted by Crippen LogP contribution is -2.43. The molecule has 0 unspecified atom stereocenters. The Bertz CT molecular complexity index is 466. The van der Waals surface area contributed by atoms with E-state index in [-0.39, 0.29) is 5.91 Å². The lowest BCUT2D eigenvalue weighted by molar-refractivity contribution is 0.0703. The van der Waals surface area contributed by atoms with Gasteiger partial charge in [-0.2, -0.15) is 0 Å². The summed E-state index contributed by atoms with van der Waals surface area (Å²) in [7, 11) is 1.93. The van der Waals surface area contributed by atoms with Crippen LogP contribution >= 0.6 is 0 Å². The summed E-state index contributed by atoms with van der Waals surface area (Å²) in [4.78, 5) is 16.9. The van der Waals surface area contributed by atoms with Crippen LogP contribution in [0.15, 0.2) is 24.3 Å². The number of amides is 1. The molecule has 1 fully saturated rings. The van der Waals surface area contributed by atoms with Gasteiger partial charge < -0.3 is 15.1 Å². The number of rotatable bonds is 6. The molecule has 1 saturated heterocycles. The van der Waals surface area contributed by atoms with Crippen LogP contribution < -0.4 is 10.2 Å². The van der Waals surface area contributed by atoms with Crippen LogP contribution in [0.25, 0.3) is 0 Å². The van der Waals surface area contributed by atoms with Crippen molar-refractivity contribution < 1.29 is 4.79 Å². The number of hydrogen-bond donors (Lipinski definition) is 1. The zero-order valence-electron chi connectivity index (χ0n) is 14.1. The average molecular weight is 303 g/mol. The van der Waals surface area contributed by atoms with Gasteiger partial charge in [0.05, 0.1) is 0 Å². The molecule has 1 aromatic carbocycles. The van der Waals surface area contributed by atoms with Crippen molar-refractivity contribution in [2.75, 3.05) is 38.1 Å². The molecule has 122 valence electrons. The third-order valence-electron chi connectivity index (χ3n) is 4.53. The first-order valence-corrected chi connectivity index (χ1v) is 8.50. The van der Waals surface area contributed by atoms with Gasteiger partial charge in [-0.15, -0.1) is 0 Å². The third-order valence-corrected chi connectivity index (χ3v) is 4.53. The van der Waals surface area contributed by atoms with Gasteiger partial charge in [0.1, 0.15) is 0 Å². The first-order valence-electron chi connectivity index (χ1n) is 8.50. The maximum absolute atomic E-state index is 12.6. The molecule has 1 amide bonds. The van der Waals surface area contributed by atoms with Gasteiger partial charge in [0.2, 0.25) is 0 Å². The molecule has 0 radical (unpaired) electrons. The molecule has 4 nitrogen and oxygen atoms in total. The number of piperidine rings is 1. The number of carbonyl (C=O) groups is 1. The van der Waals surface area contributed by atoms with E-state index in [4.69, 9.17) is 0 Å². The number of nitrogens with zero attached hydrogens (tertiary/aromatic N) is 2. The number of hydrogen-bond acceptors (Lipinski definition) is 3. The molecule has 0 aliphatic carbocycles. The Labute approximate surface area is 134 Å². The quantitative estimate of drug-likeness (QED) is 0.878. The number of carbonyl (C=O) groups excluding carboxylic acids is 1. The first kappa shape index (κ1) is 16.8. The number of nitrogens with one attached hydrogen (secondary N) is 1. The summed E-state index contributed by atoms with van der Waals surface area (Å²) in [6, 6.07) is 8.44. The highest BCUT2D eigenvalue weighted by molar-refractivity contribution is 5.94. The molecule has 0 spiro atoms. The molecule has 1 heterocycles. The van der Waals surface area contributed by atoms with Crippen LogP contribution in [0.4, 0.5) is 5.69 Å². The predicted octanol–water partition coefficient (Wildman–Crippen LogP) is 2.75. The Hall–Kier alpha value is -1.55. The van der Waals surface area contributed by atoms with E-state index < -0.39 is 0 Å². The zero-order valence-corrected chi connectivity index (χ0v) is 14.1. The first-order chi connectivity index (χ1) is 10.7. The minimum absolute atomic E-state index is 0.136. The third kappa shape index (κ3) is 4.01. The minimum atomic E-state index is 0.136. The van der Waals surface area contributed by atoms with E-state index in [1.54, 1.807) is 0 Å². The summed E-state index contributed by atoms with van der Waals surface area (Å²) >= 11 is 0. The van der Waals surface area contributed by atoms with Crippen LogP contribution in [0.3, 0.4) is 0 Å². The molecule has 1 aromatic rings. The van der Waals surface area contributed by atoms with E-state index in [9.17, 15) is 4.79 Å². The van der Waals surface area contributed by atoms with E-state index >= 15 is 0 Å². The standard InChI is InChI=1S/C18H29N3O/c1-4-14-21(5-2)17-8-6-15(7-9-17)18(22)20(3)16-10-12-19-13-11-16/h6-9,16,19H,4-5,10-14H2,1-3H3. The smallest absolute Gasteiger partial charge is 0.253 e. The van der Waals surface area contributed by atoms with Crippen LogP contribution in [0, 0.1) is 0 Å². The van der Waals surface area contributed by atoms with E-state index in [0.717, 1.165) is 51.0 Å². The number of anilines is 1. The molecule has 1 N–H and O–H groups in total. The van der Waals surface area contributed by atoms with Crippen LogP contribution in [0.5, 0.6) is 0 Å². The fourth-order valence-electron chi connectivity index (χ4n) is 3.12. The fraction of sp³-hybridized carbons (Fsp3) is 0.611. The van der Waals surface area contributed by atoms with E-state index in [2.05, 4.69) is 36.2 Å². The Morgan fingerprint density at radius 2 is 1.82 bits per heavy atom. The van der Waals surface area contributed by atoms with Crippen molar-refractivity contribution >= 4 is 11.6 Å². The normalized spacial score (nSPS) is 15.6. The minimum Gasteiger partial charge on any atom is -0.372 e. The van der Waals surface area contributed by atoms with Crippen molar-refractivity contribution in [2.24, 2.45) is 0 Å². The topological polar surface area (TPSA) is 35.6 Å². The molecule has 0 atom stereocenters. The summed E-state index contributed by atoms with van der Waals surface area (Å²) < 4.78 is 0. The number of benzene rings is 1. The van der Waals surface area contributed by atoms with Gasteiger partial charge in [-0.05, 0) is 63.5 Å². The Morgan fingerprint density at radius 3 is 2.36 bits per heavy atom. The Balaban J connectivity index is 2.03. The molecule has 2 rings (SSSR count). The molecule has 4 heteroatoms. The largest absolute Gasteiger partial charge is 0.372 e. The average Bonchev–Trinajstić information content (AvgIpc) is 2.59. The van der Waals surface area contributed by atoms with Crippen molar-refractivity contribution in [1.29, 1.82) is 0 Å². The molecule has 22 heavy (non-hydrogen) atoms.